The molecule has 0 bridgehead atoms. The van der Waals surface area contributed by atoms with Crippen molar-refractivity contribution in [3.63, 3.8) is 0 Å². The van der Waals surface area contributed by atoms with Crippen LogP contribution in [0, 0.1) is 0 Å². The van der Waals surface area contributed by atoms with E-state index in [0.717, 1.165) is 6.42 Å². The Bertz CT molecular complexity index is 527. The normalized spacial score (nSPS) is 17.5. The fourth-order valence-electron chi connectivity index (χ4n) is 3.27. The van der Waals surface area contributed by atoms with Crippen molar-refractivity contribution < 1.29 is 4.79 Å². The minimum absolute atomic E-state index is 0.198. The Hall–Kier alpha value is -1.33. The molecule has 1 heterocycles. The van der Waals surface area contributed by atoms with E-state index in [-0.39, 0.29) is 17.3 Å². The van der Waals surface area contributed by atoms with Gasteiger partial charge in [-0.2, -0.15) is 0 Å². The zero-order chi connectivity index (χ0) is 16.2. The minimum Gasteiger partial charge on any atom is -0.383 e. The van der Waals surface area contributed by atoms with Crippen LogP contribution in [0.5, 0.6) is 0 Å². The smallest absolute Gasteiger partial charge is 0.255 e. The largest absolute Gasteiger partial charge is 0.383 e. The molecule has 0 aliphatic heterocycles. The molecule has 1 aromatic rings. The third-order valence-electron chi connectivity index (χ3n) is 4.74. The molecule has 22 heavy (non-hydrogen) atoms. The predicted molar refractivity (Wildman–Crippen MR) is 90.1 cm³/mol. The molecule has 1 aliphatic rings. The van der Waals surface area contributed by atoms with E-state index in [2.05, 4.69) is 29.3 Å². The van der Waals surface area contributed by atoms with Gasteiger partial charge in [0.15, 0.2) is 0 Å². The van der Waals surface area contributed by atoms with Gasteiger partial charge in [0.25, 0.3) is 5.91 Å². The van der Waals surface area contributed by atoms with Crippen molar-refractivity contribution in [2.45, 2.75) is 44.1 Å². The first kappa shape index (κ1) is 17.0. The van der Waals surface area contributed by atoms with Crippen LogP contribution in [0.1, 0.15) is 48.9 Å². The van der Waals surface area contributed by atoms with Gasteiger partial charge in [-0.1, -0.05) is 30.9 Å². The highest BCUT2D eigenvalue weighted by Gasteiger charge is 2.33. The number of nitrogen functional groups attached to an aromatic ring is 1. The Kier molecular flexibility index (Phi) is 5.64. The molecule has 122 valence electrons. The third kappa shape index (κ3) is 3.90. The number of anilines is 1. The average molecular weight is 325 g/mol. The Morgan fingerprint density at radius 1 is 1.41 bits per heavy atom. The topological polar surface area (TPSA) is 71.2 Å². The van der Waals surface area contributed by atoms with Crippen molar-refractivity contribution in [3.05, 3.63) is 22.8 Å². The summed E-state index contributed by atoms with van der Waals surface area (Å²) in [5.74, 6) is -0.000829. The molecule has 1 fully saturated rings. The lowest BCUT2D eigenvalue weighted by Crippen LogP contribution is -2.48. The summed E-state index contributed by atoms with van der Waals surface area (Å²) in [7, 11) is 4.26. The summed E-state index contributed by atoms with van der Waals surface area (Å²) in [4.78, 5) is 18.5. The van der Waals surface area contributed by atoms with Gasteiger partial charge in [0.2, 0.25) is 0 Å². The molecular formula is C16H25ClN4O. The monoisotopic (exact) mass is 324 g/mol. The van der Waals surface area contributed by atoms with E-state index in [9.17, 15) is 4.79 Å². The molecule has 0 unspecified atom stereocenters. The number of amides is 1. The number of carbonyl (C=O) groups excluding carboxylic acids is 1. The first-order valence-corrected chi connectivity index (χ1v) is 8.19. The van der Waals surface area contributed by atoms with Gasteiger partial charge in [-0.3, -0.25) is 4.79 Å². The molecule has 0 spiro atoms. The first-order chi connectivity index (χ1) is 10.4. The summed E-state index contributed by atoms with van der Waals surface area (Å²) in [6, 6.07) is 1.56. The number of rotatable bonds is 5. The molecule has 2 rings (SSSR count). The highest BCUT2D eigenvalue weighted by atomic mass is 35.5. The van der Waals surface area contributed by atoms with Gasteiger partial charge < -0.3 is 16.0 Å². The second kappa shape index (κ2) is 7.29. The number of aromatic nitrogens is 1. The summed E-state index contributed by atoms with van der Waals surface area (Å²) in [6.45, 7) is 0.628. The van der Waals surface area contributed by atoms with Crippen molar-refractivity contribution in [2.75, 3.05) is 26.4 Å². The van der Waals surface area contributed by atoms with E-state index >= 15 is 0 Å². The molecule has 0 saturated heterocycles. The molecule has 3 N–H and O–H groups in total. The summed E-state index contributed by atoms with van der Waals surface area (Å²) in [5.41, 5.74) is 6.28. The maximum absolute atomic E-state index is 12.2. The Morgan fingerprint density at radius 3 is 2.73 bits per heavy atom. The highest BCUT2D eigenvalue weighted by Crippen LogP contribution is 2.34. The number of carbonyl (C=O) groups is 1. The molecule has 5 nitrogen and oxygen atoms in total. The van der Waals surface area contributed by atoms with Crippen molar-refractivity contribution in [2.24, 2.45) is 0 Å². The third-order valence-corrected chi connectivity index (χ3v) is 4.95. The average Bonchev–Trinajstić information content (AvgIpc) is 2.50. The van der Waals surface area contributed by atoms with Crippen LogP contribution in [0.4, 0.5) is 5.82 Å². The Labute approximate surface area is 137 Å². The van der Waals surface area contributed by atoms with E-state index in [1.54, 1.807) is 6.07 Å². The number of nitrogens with one attached hydrogen (secondary N) is 1. The summed E-state index contributed by atoms with van der Waals surface area (Å²) in [5, 5.41) is 3.36. The summed E-state index contributed by atoms with van der Waals surface area (Å²) >= 11 is 5.88. The van der Waals surface area contributed by atoms with Gasteiger partial charge >= 0.3 is 0 Å². The van der Waals surface area contributed by atoms with Crippen LogP contribution in [0.25, 0.3) is 0 Å². The predicted octanol–water partition coefficient (Wildman–Crippen LogP) is 2.70. The van der Waals surface area contributed by atoms with E-state index in [1.165, 1.54) is 38.3 Å². The molecule has 1 saturated carbocycles. The molecule has 0 radical (unpaired) electrons. The summed E-state index contributed by atoms with van der Waals surface area (Å²) in [6.07, 6.45) is 8.60. The molecule has 0 aromatic carbocycles. The maximum Gasteiger partial charge on any atom is 0.255 e. The number of hydrogen-bond donors (Lipinski definition) is 2. The van der Waals surface area contributed by atoms with E-state index in [4.69, 9.17) is 17.3 Å². The van der Waals surface area contributed by atoms with Crippen LogP contribution in [0.3, 0.4) is 0 Å². The van der Waals surface area contributed by atoms with E-state index in [1.807, 2.05) is 0 Å². The van der Waals surface area contributed by atoms with Gasteiger partial charge in [0.1, 0.15) is 5.82 Å². The number of pyridine rings is 1. The van der Waals surface area contributed by atoms with Crippen molar-refractivity contribution in [1.29, 1.82) is 0 Å². The van der Waals surface area contributed by atoms with Crippen LogP contribution >= 0.6 is 11.6 Å². The second-order valence-electron chi connectivity index (χ2n) is 6.27. The first-order valence-electron chi connectivity index (χ1n) is 7.81. The molecule has 1 aliphatic carbocycles. The van der Waals surface area contributed by atoms with Gasteiger partial charge in [-0.05, 0) is 39.4 Å². The molecular weight excluding hydrogens is 300 g/mol. The molecule has 6 heteroatoms. The lowest BCUT2D eigenvalue weighted by Gasteiger charge is -2.43. The van der Waals surface area contributed by atoms with Crippen LogP contribution in [-0.2, 0) is 0 Å². The van der Waals surface area contributed by atoms with Crippen molar-refractivity contribution in [3.8, 4) is 0 Å². The van der Waals surface area contributed by atoms with Crippen LogP contribution in [-0.4, -0.2) is 42.0 Å². The SMILES string of the molecule is CN(C)C1(CCNC(=O)c2cc(Cl)cnc2N)CCCCC1. The Morgan fingerprint density at radius 2 is 2.09 bits per heavy atom. The second-order valence-corrected chi connectivity index (χ2v) is 6.71. The minimum atomic E-state index is -0.211. The molecule has 1 aromatic heterocycles. The molecule has 0 atom stereocenters. The van der Waals surface area contributed by atoms with E-state index < -0.39 is 0 Å². The van der Waals surface area contributed by atoms with Crippen LogP contribution in [0.2, 0.25) is 5.02 Å². The molecule has 1 amide bonds. The lowest BCUT2D eigenvalue weighted by molar-refractivity contribution is 0.0836. The van der Waals surface area contributed by atoms with Crippen LogP contribution in [0.15, 0.2) is 12.3 Å². The highest BCUT2D eigenvalue weighted by molar-refractivity contribution is 6.31. The number of nitrogens with two attached hydrogens (primary N) is 1. The zero-order valence-electron chi connectivity index (χ0n) is 13.4. The fourth-order valence-corrected chi connectivity index (χ4v) is 3.42. The summed E-state index contributed by atoms with van der Waals surface area (Å²) < 4.78 is 0. The van der Waals surface area contributed by atoms with Gasteiger partial charge in [0.05, 0.1) is 10.6 Å². The Balaban J connectivity index is 1.94. The van der Waals surface area contributed by atoms with Crippen molar-refractivity contribution in [1.82, 2.24) is 15.2 Å². The number of hydrogen-bond acceptors (Lipinski definition) is 4. The standard InChI is InChI=1S/C16H25ClN4O/c1-21(2)16(6-4-3-5-7-16)8-9-19-15(22)13-10-12(17)11-20-14(13)18/h10-11H,3-9H2,1-2H3,(H2,18,20)(H,19,22). The van der Waals surface area contributed by atoms with E-state index in [0.29, 0.717) is 17.1 Å². The number of halogens is 1. The quantitative estimate of drug-likeness (QED) is 0.873. The fraction of sp³-hybridized carbons (Fsp3) is 0.625. The van der Waals surface area contributed by atoms with Crippen molar-refractivity contribution >= 4 is 23.3 Å². The van der Waals surface area contributed by atoms with Gasteiger partial charge in [0, 0.05) is 18.3 Å². The maximum atomic E-state index is 12.2. The van der Waals surface area contributed by atoms with Gasteiger partial charge in [-0.25, -0.2) is 4.98 Å². The zero-order valence-corrected chi connectivity index (χ0v) is 14.1. The lowest BCUT2D eigenvalue weighted by atomic mass is 9.78. The number of nitrogens with zero attached hydrogens (tertiary/aromatic N) is 2. The van der Waals surface area contributed by atoms with Crippen LogP contribution < -0.4 is 11.1 Å². The van der Waals surface area contributed by atoms with Gasteiger partial charge in [-0.15, -0.1) is 0 Å².